The number of nitrogens with zero attached hydrogens (tertiary/aromatic N) is 5. The molecule has 1 aromatic carbocycles. The van der Waals surface area contributed by atoms with Gasteiger partial charge in [-0.05, 0) is 61.1 Å². The number of ether oxygens (including phenoxy) is 1. The Hall–Kier alpha value is -4.01. The third-order valence-corrected chi connectivity index (χ3v) is 5.10. The maximum absolute atomic E-state index is 13.2. The van der Waals surface area contributed by atoms with Crippen LogP contribution in [0, 0.1) is 17.7 Å². The van der Waals surface area contributed by atoms with Gasteiger partial charge in [-0.25, -0.2) is 19.0 Å². The molecule has 0 unspecified atom stereocenters. The first kappa shape index (κ1) is 24.1. The molecule has 1 atom stereocenters. The molecule has 4 rings (SSSR count). The van der Waals surface area contributed by atoms with Crippen LogP contribution in [0.15, 0.2) is 35.0 Å². The van der Waals surface area contributed by atoms with Crippen LogP contribution in [0.1, 0.15) is 32.0 Å². The Balaban J connectivity index is 1.69. The van der Waals surface area contributed by atoms with Crippen LogP contribution in [-0.4, -0.2) is 48.2 Å². The summed E-state index contributed by atoms with van der Waals surface area (Å²) in [6, 6.07) is 7.56. The van der Waals surface area contributed by atoms with Crippen LogP contribution in [0.3, 0.4) is 0 Å². The quantitative estimate of drug-likeness (QED) is 0.339. The minimum Gasteiger partial charge on any atom is -0.476 e. The molecule has 0 fully saturated rings. The van der Waals surface area contributed by atoms with Crippen molar-refractivity contribution in [2.24, 2.45) is 5.73 Å². The van der Waals surface area contributed by atoms with E-state index in [-0.39, 0.29) is 24.3 Å². The highest BCUT2D eigenvalue weighted by atomic mass is 19.1. The summed E-state index contributed by atoms with van der Waals surface area (Å²) in [7, 11) is 0. The lowest BCUT2D eigenvalue weighted by molar-refractivity contribution is 0.143. The molecule has 0 spiro atoms. The highest BCUT2D eigenvalue weighted by Gasteiger charge is 2.22. The molecule has 0 aliphatic carbocycles. The number of fused-ring (bicyclic) bond motifs is 1. The van der Waals surface area contributed by atoms with Crippen molar-refractivity contribution >= 4 is 16.9 Å². The van der Waals surface area contributed by atoms with Crippen LogP contribution in [0.25, 0.3) is 22.6 Å². The van der Waals surface area contributed by atoms with E-state index in [0.717, 1.165) is 5.56 Å². The van der Waals surface area contributed by atoms with Gasteiger partial charge in [0.05, 0.1) is 5.52 Å². The van der Waals surface area contributed by atoms with E-state index in [0.29, 0.717) is 47.1 Å². The normalized spacial score (nSPS) is 12.4. The first-order chi connectivity index (χ1) is 16.6. The summed E-state index contributed by atoms with van der Waals surface area (Å²) in [5.74, 6) is 6.21. The molecule has 5 N–H and O–H groups in total. The maximum atomic E-state index is 13.2. The number of aryl methyl sites for hydroxylation is 1. The van der Waals surface area contributed by atoms with Crippen molar-refractivity contribution in [3.63, 3.8) is 0 Å². The Morgan fingerprint density at radius 3 is 2.60 bits per heavy atom. The molecule has 10 nitrogen and oxygen atoms in total. The smallest absolute Gasteiger partial charge is 0.216 e. The first-order valence-corrected chi connectivity index (χ1v) is 11.0. The number of imidazole rings is 1. The minimum absolute atomic E-state index is 0.107. The number of pyridine rings is 1. The number of benzene rings is 1. The van der Waals surface area contributed by atoms with Crippen LogP contribution < -0.4 is 16.2 Å². The summed E-state index contributed by atoms with van der Waals surface area (Å²) >= 11 is 0. The van der Waals surface area contributed by atoms with E-state index in [1.807, 2.05) is 11.5 Å². The van der Waals surface area contributed by atoms with Crippen molar-refractivity contribution < 1.29 is 18.9 Å². The molecule has 182 valence electrons. The Morgan fingerprint density at radius 2 is 1.97 bits per heavy atom. The van der Waals surface area contributed by atoms with Gasteiger partial charge in [-0.2, -0.15) is 0 Å². The lowest BCUT2D eigenvalue weighted by Gasteiger charge is -2.13. The van der Waals surface area contributed by atoms with E-state index >= 15 is 0 Å². The van der Waals surface area contributed by atoms with E-state index in [4.69, 9.17) is 20.8 Å². The molecule has 3 aromatic heterocycles. The third kappa shape index (κ3) is 5.56. The molecule has 0 aliphatic heterocycles. The molecule has 0 amide bonds. The number of rotatable bonds is 7. The summed E-state index contributed by atoms with van der Waals surface area (Å²) in [5, 5.41) is 17.6. The molecule has 4 aromatic rings. The van der Waals surface area contributed by atoms with Gasteiger partial charge in [-0.1, -0.05) is 18.1 Å². The monoisotopic (exact) mass is 479 g/mol. The molecule has 0 saturated carbocycles. The predicted molar refractivity (Wildman–Crippen MR) is 128 cm³/mol. The largest absolute Gasteiger partial charge is 0.476 e. The second-order valence-electron chi connectivity index (χ2n) is 8.57. The molecular weight excluding hydrogens is 453 g/mol. The molecular formula is C24H26FN7O3. The van der Waals surface area contributed by atoms with E-state index in [1.165, 1.54) is 12.1 Å². The van der Waals surface area contributed by atoms with E-state index < -0.39 is 5.60 Å². The number of hydrogen-bond acceptors (Lipinski definition) is 9. The molecule has 3 heterocycles. The standard InChI is InChI=1S/C24H26FN7O3/c1-4-32-18-12-19(34-13-16(26)11-14-5-7-15(25)8-6-14)28-17(9-10-24(2,3)33)20(18)29-23(32)21-22(27)31-35-30-21/h5-8,12,16,33H,4,11,13,26H2,1-3H3,(H2,27,31)/t16-/m1/s1. The van der Waals surface area contributed by atoms with Crippen LogP contribution >= 0.6 is 0 Å². The minimum atomic E-state index is -1.24. The van der Waals surface area contributed by atoms with Gasteiger partial charge in [0, 0.05) is 18.7 Å². The van der Waals surface area contributed by atoms with Crippen molar-refractivity contribution in [1.29, 1.82) is 0 Å². The van der Waals surface area contributed by atoms with Gasteiger partial charge in [0.15, 0.2) is 17.3 Å². The van der Waals surface area contributed by atoms with Gasteiger partial charge in [0.25, 0.3) is 0 Å². The average molecular weight is 480 g/mol. The van der Waals surface area contributed by atoms with Crippen LogP contribution in [0.4, 0.5) is 10.2 Å². The molecule has 11 heteroatoms. The first-order valence-electron chi connectivity index (χ1n) is 11.0. The second-order valence-corrected chi connectivity index (χ2v) is 8.57. The van der Waals surface area contributed by atoms with Crippen molar-refractivity contribution in [1.82, 2.24) is 24.8 Å². The maximum Gasteiger partial charge on any atom is 0.216 e. The van der Waals surface area contributed by atoms with Crippen LogP contribution in [0.2, 0.25) is 0 Å². The second kappa shape index (κ2) is 9.69. The molecule has 0 aliphatic rings. The summed E-state index contributed by atoms with van der Waals surface area (Å²) in [6.45, 7) is 5.79. The lowest BCUT2D eigenvalue weighted by atomic mass is 10.1. The number of aromatic nitrogens is 5. The number of anilines is 1. The number of nitrogen functional groups attached to an aromatic ring is 1. The Bertz CT molecular complexity index is 1390. The fourth-order valence-corrected chi connectivity index (χ4v) is 3.50. The van der Waals surface area contributed by atoms with Crippen LogP contribution in [-0.2, 0) is 13.0 Å². The van der Waals surface area contributed by atoms with Crippen molar-refractivity contribution in [3.05, 3.63) is 47.4 Å². The summed E-state index contributed by atoms with van der Waals surface area (Å²) < 4.78 is 25.7. The van der Waals surface area contributed by atoms with Gasteiger partial charge in [0.1, 0.15) is 29.2 Å². The zero-order valence-electron chi connectivity index (χ0n) is 19.6. The zero-order chi connectivity index (χ0) is 25.2. The Kier molecular flexibility index (Phi) is 6.68. The van der Waals surface area contributed by atoms with Gasteiger partial charge in [0.2, 0.25) is 5.88 Å². The number of aliphatic hydroxyl groups is 1. The van der Waals surface area contributed by atoms with E-state index in [2.05, 4.69) is 32.1 Å². The van der Waals surface area contributed by atoms with Gasteiger partial charge in [-0.15, -0.1) is 0 Å². The van der Waals surface area contributed by atoms with Gasteiger partial charge in [-0.3, -0.25) is 0 Å². The molecule has 35 heavy (non-hydrogen) atoms. The topological polar surface area (TPSA) is 151 Å². The fraction of sp³-hybridized carbons (Fsp3) is 0.333. The third-order valence-electron chi connectivity index (χ3n) is 5.10. The number of hydrogen-bond donors (Lipinski definition) is 3. The molecule has 0 bridgehead atoms. The average Bonchev–Trinajstić information content (AvgIpc) is 3.39. The summed E-state index contributed by atoms with van der Waals surface area (Å²) in [6.07, 6.45) is 0.503. The van der Waals surface area contributed by atoms with Crippen molar-refractivity contribution in [2.45, 2.75) is 45.4 Å². The highest BCUT2D eigenvalue weighted by Crippen LogP contribution is 2.30. The fourth-order valence-electron chi connectivity index (χ4n) is 3.50. The SMILES string of the molecule is CCn1c(-c2nonc2N)nc2c(C#CC(C)(C)O)nc(OC[C@H](N)Cc3ccc(F)cc3)cc21. The summed E-state index contributed by atoms with van der Waals surface area (Å²) in [4.78, 5) is 9.16. The predicted octanol–water partition coefficient (Wildman–Crippen LogP) is 2.29. The van der Waals surface area contributed by atoms with Crippen molar-refractivity contribution in [2.75, 3.05) is 12.3 Å². The zero-order valence-corrected chi connectivity index (χ0v) is 19.6. The van der Waals surface area contributed by atoms with E-state index in [9.17, 15) is 9.50 Å². The van der Waals surface area contributed by atoms with E-state index in [1.54, 1.807) is 32.0 Å². The van der Waals surface area contributed by atoms with Crippen molar-refractivity contribution in [3.8, 4) is 29.2 Å². The molecule has 0 radical (unpaired) electrons. The summed E-state index contributed by atoms with van der Waals surface area (Å²) in [5.41, 5.74) is 13.6. The number of nitrogens with two attached hydrogens (primary N) is 2. The highest BCUT2D eigenvalue weighted by molar-refractivity contribution is 5.86. The van der Waals surface area contributed by atoms with Gasteiger partial charge >= 0.3 is 0 Å². The molecule has 0 saturated heterocycles. The lowest BCUT2D eigenvalue weighted by Crippen LogP contribution is -2.30. The number of halogens is 1. The Morgan fingerprint density at radius 1 is 1.23 bits per heavy atom. The Labute approximate surface area is 201 Å². The van der Waals surface area contributed by atoms with Crippen LogP contribution in [0.5, 0.6) is 5.88 Å². The van der Waals surface area contributed by atoms with Gasteiger partial charge < -0.3 is 25.9 Å².